The zero-order valence-corrected chi connectivity index (χ0v) is 11.9. The minimum absolute atomic E-state index is 0.520. The van der Waals surface area contributed by atoms with Gasteiger partial charge in [-0.2, -0.15) is 10.4 Å². The molecule has 23 heavy (non-hydrogen) atoms. The molecule has 0 saturated carbocycles. The predicted molar refractivity (Wildman–Crippen MR) is 85.9 cm³/mol. The van der Waals surface area contributed by atoms with Crippen LogP contribution in [0.4, 0.5) is 11.5 Å². The highest BCUT2D eigenvalue weighted by Crippen LogP contribution is 2.23. The molecule has 0 aliphatic heterocycles. The fraction of sp³-hybridized carbons (Fsp3) is 0. The van der Waals surface area contributed by atoms with Crippen molar-refractivity contribution < 1.29 is 0 Å². The van der Waals surface area contributed by atoms with E-state index in [-0.39, 0.29) is 0 Å². The molecule has 0 aliphatic rings. The van der Waals surface area contributed by atoms with Crippen molar-refractivity contribution in [3.8, 4) is 17.5 Å². The number of aromatic amines is 2. The summed E-state index contributed by atoms with van der Waals surface area (Å²) in [5, 5.41) is 19.8. The first-order valence-electron chi connectivity index (χ1n) is 6.93. The maximum absolute atomic E-state index is 8.93. The van der Waals surface area contributed by atoms with Crippen LogP contribution in [-0.4, -0.2) is 25.1 Å². The van der Waals surface area contributed by atoms with E-state index in [4.69, 9.17) is 5.26 Å². The lowest BCUT2D eigenvalue weighted by atomic mass is 10.2. The minimum Gasteiger partial charge on any atom is -0.346 e. The summed E-state index contributed by atoms with van der Waals surface area (Å²) in [4.78, 5) is 11.5. The molecule has 0 amide bonds. The van der Waals surface area contributed by atoms with Crippen molar-refractivity contribution in [2.45, 2.75) is 0 Å². The second-order valence-electron chi connectivity index (χ2n) is 4.99. The Morgan fingerprint density at radius 1 is 1.13 bits per heavy atom. The molecule has 0 radical (unpaired) electrons. The molecule has 0 bridgehead atoms. The Morgan fingerprint density at radius 3 is 2.91 bits per heavy atom. The van der Waals surface area contributed by atoms with E-state index in [0.717, 1.165) is 22.2 Å². The first-order chi connectivity index (χ1) is 11.3. The molecule has 1 aromatic carbocycles. The third-order valence-corrected chi connectivity index (χ3v) is 3.45. The summed E-state index contributed by atoms with van der Waals surface area (Å²) in [6.45, 7) is 0. The number of nitrogens with one attached hydrogen (secondary N) is 3. The number of nitrogens with zero attached hydrogens (tertiary/aromatic N) is 4. The Hall–Kier alpha value is -3.66. The van der Waals surface area contributed by atoms with E-state index < -0.39 is 0 Å². The Labute approximate surface area is 131 Å². The molecular weight excluding hydrogens is 290 g/mol. The summed E-state index contributed by atoms with van der Waals surface area (Å²) in [6, 6.07) is 13.5. The van der Waals surface area contributed by atoms with E-state index in [0.29, 0.717) is 17.3 Å². The van der Waals surface area contributed by atoms with Crippen molar-refractivity contribution in [3.63, 3.8) is 0 Å². The summed E-state index contributed by atoms with van der Waals surface area (Å²) >= 11 is 0. The van der Waals surface area contributed by atoms with E-state index >= 15 is 0 Å². The average Bonchev–Trinajstić information content (AvgIpc) is 3.24. The molecule has 3 N–H and O–H groups in total. The van der Waals surface area contributed by atoms with Crippen LogP contribution >= 0.6 is 0 Å². The van der Waals surface area contributed by atoms with Gasteiger partial charge in [0.1, 0.15) is 23.9 Å². The Kier molecular flexibility index (Phi) is 2.99. The highest BCUT2D eigenvalue weighted by atomic mass is 15.2. The maximum Gasteiger partial charge on any atom is 0.155 e. The summed E-state index contributed by atoms with van der Waals surface area (Å²) in [5.41, 5.74) is 3.20. The smallest absolute Gasteiger partial charge is 0.155 e. The monoisotopic (exact) mass is 301 g/mol. The van der Waals surface area contributed by atoms with Gasteiger partial charge in [0.2, 0.25) is 0 Å². The van der Waals surface area contributed by atoms with Gasteiger partial charge in [0.15, 0.2) is 5.82 Å². The molecule has 0 unspecified atom stereocenters. The highest BCUT2D eigenvalue weighted by Gasteiger charge is 2.05. The average molecular weight is 301 g/mol. The summed E-state index contributed by atoms with van der Waals surface area (Å²) in [7, 11) is 0. The third-order valence-electron chi connectivity index (χ3n) is 3.45. The van der Waals surface area contributed by atoms with Gasteiger partial charge in [0.05, 0.1) is 5.52 Å². The van der Waals surface area contributed by atoms with Gasteiger partial charge in [-0.1, -0.05) is 12.1 Å². The molecule has 3 heterocycles. The quantitative estimate of drug-likeness (QED) is 0.539. The van der Waals surface area contributed by atoms with Crippen molar-refractivity contribution in [1.29, 1.82) is 5.26 Å². The van der Waals surface area contributed by atoms with Crippen LogP contribution in [0.5, 0.6) is 0 Å². The first kappa shape index (κ1) is 13.0. The van der Waals surface area contributed by atoms with E-state index in [9.17, 15) is 0 Å². The van der Waals surface area contributed by atoms with E-state index in [1.54, 1.807) is 12.3 Å². The number of benzene rings is 1. The Bertz CT molecular complexity index is 1010. The Balaban J connectivity index is 1.65. The molecule has 110 valence electrons. The van der Waals surface area contributed by atoms with E-state index in [1.807, 2.05) is 30.3 Å². The number of aromatic nitrogens is 5. The van der Waals surface area contributed by atoms with Crippen LogP contribution in [0.1, 0.15) is 5.69 Å². The molecule has 4 rings (SSSR count). The molecule has 7 heteroatoms. The summed E-state index contributed by atoms with van der Waals surface area (Å²) in [5.74, 6) is 1.40. The number of nitriles is 1. The van der Waals surface area contributed by atoms with Crippen LogP contribution in [0, 0.1) is 11.3 Å². The van der Waals surface area contributed by atoms with Crippen LogP contribution < -0.4 is 5.32 Å². The van der Waals surface area contributed by atoms with Gasteiger partial charge in [-0.15, -0.1) is 0 Å². The fourth-order valence-corrected chi connectivity index (χ4v) is 2.39. The molecular formula is C16H11N7. The zero-order chi connectivity index (χ0) is 15.6. The number of rotatable bonds is 3. The second kappa shape index (κ2) is 5.27. The van der Waals surface area contributed by atoms with Gasteiger partial charge in [-0.3, -0.25) is 5.10 Å². The van der Waals surface area contributed by atoms with Gasteiger partial charge < -0.3 is 10.3 Å². The normalized spacial score (nSPS) is 10.6. The maximum atomic E-state index is 8.93. The summed E-state index contributed by atoms with van der Waals surface area (Å²) in [6.07, 6.45) is 3.21. The second-order valence-corrected chi connectivity index (χ2v) is 4.99. The third kappa shape index (κ3) is 2.49. The minimum atomic E-state index is 0.520. The van der Waals surface area contributed by atoms with Crippen LogP contribution in [0.25, 0.3) is 22.3 Å². The van der Waals surface area contributed by atoms with Crippen LogP contribution in [-0.2, 0) is 0 Å². The van der Waals surface area contributed by atoms with Crippen LogP contribution in [0.2, 0.25) is 0 Å². The standard InChI is InChI=1S/C16H11N7/c17-7-13-5-11-8-18-15(6-14(11)21-13)22-12-3-1-2-10(4-12)16-19-9-20-23-16/h1-6,8-9,21H,(H,18,22)(H,19,20,23). The van der Waals surface area contributed by atoms with Gasteiger partial charge in [0.25, 0.3) is 0 Å². The first-order valence-corrected chi connectivity index (χ1v) is 6.93. The molecule has 0 saturated heterocycles. The topological polar surface area (TPSA) is 106 Å². The van der Waals surface area contributed by atoms with Gasteiger partial charge >= 0.3 is 0 Å². The lowest BCUT2D eigenvalue weighted by Crippen LogP contribution is -1.93. The molecule has 0 aliphatic carbocycles. The number of H-pyrrole nitrogens is 2. The molecule has 3 aromatic heterocycles. The fourth-order valence-electron chi connectivity index (χ4n) is 2.39. The van der Waals surface area contributed by atoms with Gasteiger partial charge in [-0.25, -0.2) is 9.97 Å². The van der Waals surface area contributed by atoms with Crippen molar-refractivity contribution in [1.82, 2.24) is 25.1 Å². The van der Waals surface area contributed by atoms with Crippen molar-refractivity contribution in [2.75, 3.05) is 5.32 Å². The molecule has 0 spiro atoms. The SMILES string of the molecule is N#Cc1cc2cnc(Nc3cccc(-c4ncn[nH]4)c3)cc2[nH]1. The lowest BCUT2D eigenvalue weighted by molar-refractivity contribution is 1.10. The largest absolute Gasteiger partial charge is 0.346 e. The zero-order valence-electron chi connectivity index (χ0n) is 11.9. The number of hydrogen-bond acceptors (Lipinski definition) is 5. The van der Waals surface area contributed by atoms with Crippen molar-refractivity contribution in [2.24, 2.45) is 0 Å². The number of hydrogen-bond donors (Lipinski definition) is 3. The van der Waals surface area contributed by atoms with Gasteiger partial charge in [0, 0.05) is 28.9 Å². The Morgan fingerprint density at radius 2 is 2.09 bits per heavy atom. The molecule has 0 fully saturated rings. The lowest BCUT2D eigenvalue weighted by Gasteiger charge is -2.07. The van der Waals surface area contributed by atoms with Crippen molar-refractivity contribution in [3.05, 3.63) is 54.6 Å². The highest BCUT2D eigenvalue weighted by molar-refractivity contribution is 5.83. The van der Waals surface area contributed by atoms with E-state index in [1.165, 1.54) is 6.33 Å². The van der Waals surface area contributed by atoms with E-state index in [2.05, 4.69) is 36.5 Å². The van der Waals surface area contributed by atoms with Gasteiger partial charge in [-0.05, 0) is 18.2 Å². The number of pyridine rings is 1. The number of fused-ring (bicyclic) bond motifs is 1. The summed E-state index contributed by atoms with van der Waals surface area (Å²) < 4.78 is 0. The van der Waals surface area contributed by atoms with Crippen LogP contribution in [0.15, 0.2) is 48.9 Å². The number of anilines is 2. The van der Waals surface area contributed by atoms with Crippen molar-refractivity contribution >= 4 is 22.4 Å². The molecule has 7 nitrogen and oxygen atoms in total. The molecule has 0 atom stereocenters. The molecule has 4 aromatic rings. The van der Waals surface area contributed by atoms with Crippen LogP contribution in [0.3, 0.4) is 0 Å². The predicted octanol–water partition coefficient (Wildman–Crippen LogP) is 2.96.